The molecule has 0 aromatic heterocycles. The first kappa shape index (κ1) is 95.5. The number of phosphoric ester groups is 2. The van der Waals surface area contributed by atoms with E-state index in [4.69, 9.17) is 37.0 Å². The first-order chi connectivity index (χ1) is 48.7. The van der Waals surface area contributed by atoms with Crippen LogP contribution in [0.3, 0.4) is 0 Å². The molecule has 0 bridgehead atoms. The standard InChI is InChI=1S/C81H138O17P2/c1-5-9-13-17-21-25-29-32-35-37-40-43-47-50-54-58-62-66-79(84)92-72-77(98-81(86)68-64-60-56-52-48-44-41-38-36-33-30-26-22-18-14-10-6-2)74-96-100(89,90)94-70-75(82)69-93-99(87,88)95-73-76(97-80(85)67-63-59-55-51-45-28-24-20-16-12-8-4)71-91-78(83)65-61-57-53-49-46-42-39-34-31-27-23-19-15-11-7-3/h9-11,13-15,21-23,25-27,32-36,39-40,43,75-77,82H,5-8,12,16-20,24,28-31,37-38,41-42,44-74H2,1-4H3,(H,87,88)(H,89,90)/b13-9-,14-10-,15-11-,25-21-,26-22-,27-23-,35-32-,36-33-,39-34-,43-40-. The lowest BCUT2D eigenvalue weighted by Crippen LogP contribution is -2.30. The Kier molecular flexibility index (Phi) is 69.5. The zero-order valence-electron chi connectivity index (χ0n) is 62.6. The number of allylic oxidation sites excluding steroid dienone is 20. The van der Waals surface area contributed by atoms with Crippen LogP contribution in [0.5, 0.6) is 0 Å². The summed E-state index contributed by atoms with van der Waals surface area (Å²) in [4.78, 5) is 72.9. The van der Waals surface area contributed by atoms with E-state index in [9.17, 15) is 43.2 Å². The summed E-state index contributed by atoms with van der Waals surface area (Å²) in [7, 11) is -9.96. The number of carbonyl (C=O) groups is 4. The van der Waals surface area contributed by atoms with Crippen molar-refractivity contribution in [2.75, 3.05) is 39.6 Å². The van der Waals surface area contributed by atoms with Crippen LogP contribution in [0, 0.1) is 0 Å². The smallest absolute Gasteiger partial charge is 0.462 e. The predicted octanol–water partition coefficient (Wildman–Crippen LogP) is 22.3. The van der Waals surface area contributed by atoms with Crippen LogP contribution in [0.1, 0.15) is 310 Å². The zero-order valence-corrected chi connectivity index (χ0v) is 64.4. The molecule has 0 aliphatic rings. The number of phosphoric acid groups is 2. The average Bonchev–Trinajstić information content (AvgIpc) is 1.00. The van der Waals surface area contributed by atoms with E-state index >= 15 is 0 Å². The maximum absolute atomic E-state index is 13.1. The maximum atomic E-state index is 13.1. The van der Waals surface area contributed by atoms with Gasteiger partial charge in [-0.15, -0.1) is 0 Å². The molecular formula is C81H138O17P2. The summed E-state index contributed by atoms with van der Waals surface area (Å²) < 4.78 is 68.5. The lowest BCUT2D eigenvalue weighted by Gasteiger charge is -2.21. The number of aliphatic hydroxyl groups is 1. The van der Waals surface area contributed by atoms with Crippen LogP contribution in [0.15, 0.2) is 122 Å². The number of aliphatic hydroxyl groups excluding tert-OH is 1. The highest BCUT2D eigenvalue weighted by atomic mass is 31.2. The molecule has 0 fully saturated rings. The van der Waals surface area contributed by atoms with Gasteiger partial charge in [0.2, 0.25) is 0 Å². The number of hydrogen-bond acceptors (Lipinski definition) is 15. The third-order valence-corrected chi connectivity index (χ3v) is 17.8. The number of hydrogen-bond donors (Lipinski definition) is 3. The highest BCUT2D eigenvalue weighted by Gasteiger charge is 2.30. The van der Waals surface area contributed by atoms with Gasteiger partial charge in [0.15, 0.2) is 12.2 Å². The van der Waals surface area contributed by atoms with Gasteiger partial charge in [-0.2, -0.15) is 0 Å². The van der Waals surface area contributed by atoms with Crippen molar-refractivity contribution in [1.82, 2.24) is 0 Å². The monoisotopic (exact) mass is 1440 g/mol. The Hall–Kier alpha value is -4.54. The van der Waals surface area contributed by atoms with Crippen molar-refractivity contribution in [3.05, 3.63) is 122 Å². The van der Waals surface area contributed by atoms with Crippen molar-refractivity contribution in [1.29, 1.82) is 0 Å². The van der Waals surface area contributed by atoms with Crippen LogP contribution in [0.2, 0.25) is 0 Å². The molecule has 0 rings (SSSR count). The minimum absolute atomic E-state index is 0.0758. The topological polar surface area (TPSA) is 237 Å². The van der Waals surface area contributed by atoms with Gasteiger partial charge in [0.05, 0.1) is 26.4 Å². The highest BCUT2D eigenvalue weighted by molar-refractivity contribution is 7.47. The van der Waals surface area contributed by atoms with Crippen molar-refractivity contribution in [2.45, 2.75) is 329 Å². The van der Waals surface area contributed by atoms with Gasteiger partial charge in [-0.25, -0.2) is 9.13 Å². The predicted molar refractivity (Wildman–Crippen MR) is 408 cm³/mol. The molecule has 100 heavy (non-hydrogen) atoms. The number of unbranched alkanes of at least 4 members (excludes halogenated alkanes) is 26. The quantitative estimate of drug-likeness (QED) is 0.0169. The van der Waals surface area contributed by atoms with E-state index in [2.05, 4.69) is 149 Å². The van der Waals surface area contributed by atoms with Gasteiger partial charge in [-0.05, 0) is 128 Å². The minimum atomic E-state index is -4.99. The lowest BCUT2D eigenvalue weighted by atomic mass is 10.1. The molecule has 0 saturated carbocycles. The lowest BCUT2D eigenvalue weighted by molar-refractivity contribution is -0.161. The first-order valence-corrected chi connectivity index (χ1v) is 41.8. The normalized spacial score (nSPS) is 14.6. The molecule has 0 spiro atoms. The van der Waals surface area contributed by atoms with Crippen molar-refractivity contribution < 1.29 is 80.2 Å². The molecule has 0 heterocycles. The zero-order chi connectivity index (χ0) is 73.2. The van der Waals surface area contributed by atoms with Crippen LogP contribution in [-0.4, -0.2) is 96.7 Å². The van der Waals surface area contributed by atoms with Gasteiger partial charge < -0.3 is 33.8 Å². The summed E-state index contributed by atoms with van der Waals surface area (Å²) in [5.41, 5.74) is 0. The first-order valence-electron chi connectivity index (χ1n) is 38.8. The number of esters is 4. The number of ether oxygens (including phenoxy) is 4. The van der Waals surface area contributed by atoms with Crippen LogP contribution >= 0.6 is 15.6 Å². The Balaban J connectivity index is 5.37. The van der Waals surface area contributed by atoms with E-state index in [1.54, 1.807) is 0 Å². The van der Waals surface area contributed by atoms with E-state index in [-0.39, 0.29) is 25.7 Å². The van der Waals surface area contributed by atoms with Crippen LogP contribution in [-0.2, 0) is 65.4 Å². The molecular weight excluding hydrogens is 1310 g/mol. The van der Waals surface area contributed by atoms with E-state index in [1.165, 1.54) is 38.5 Å². The molecule has 574 valence electrons. The second-order valence-electron chi connectivity index (χ2n) is 25.5. The SMILES string of the molecule is CC/C=C\C/C=C\C/C=C\C/C=C\CCCCCCC(=O)OCC(COP(=O)(O)OCC(O)COP(=O)(O)OCC(COC(=O)CCCCCCC/C=C\C/C=C\C/C=C\CC)OC(=O)CCCCCCCCCCCCC)OC(=O)CCCCCCCCC/C=C\C/C=C\C/C=C\CC. The summed E-state index contributed by atoms with van der Waals surface area (Å²) in [6, 6.07) is 0. The van der Waals surface area contributed by atoms with Crippen LogP contribution < -0.4 is 0 Å². The van der Waals surface area contributed by atoms with Gasteiger partial charge >= 0.3 is 39.5 Å². The van der Waals surface area contributed by atoms with Crippen LogP contribution in [0.4, 0.5) is 0 Å². The third kappa shape index (κ3) is 71.8. The van der Waals surface area contributed by atoms with Gasteiger partial charge in [-0.3, -0.25) is 37.3 Å². The Morgan fingerprint density at radius 1 is 0.290 bits per heavy atom. The molecule has 5 unspecified atom stereocenters. The van der Waals surface area contributed by atoms with Crippen LogP contribution in [0.25, 0.3) is 0 Å². The molecule has 17 nitrogen and oxygen atoms in total. The average molecular weight is 1450 g/mol. The Labute approximate surface area is 606 Å². The van der Waals surface area contributed by atoms with E-state index in [1.807, 2.05) is 0 Å². The van der Waals surface area contributed by atoms with Crippen molar-refractivity contribution in [3.8, 4) is 0 Å². The summed E-state index contributed by atoms with van der Waals surface area (Å²) in [5, 5.41) is 10.6. The Morgan fingerprint density at radius 3 is 0.800 bits per heavy atom. The van der Waals surface area contributed by atoms with E-state index in [0.717, 1.165) is 193 Å². The molecule has 19 heteroatoms. The second-order valence-corrected chi connectivity index (χ2v) is 28.4. The fraction of sp³-hybridized carbons (Fsp3) is 0.704. The molecule has 0 amide bonds. The second kappa shape index (κ2) is 72.8. The Morgan fingerprint density at radius 2 is 0.520 bits per heavy atom. The van der Waals surface area contributed by atoms with Crippen molar-refractivity contribution in [3.63, 3.8) is 0 Å². The molecule has 0 radical (unpaired) electrons. The molecule has 0 aromatic rings. The van der Waals surface area contributed by atoms with E-state index < -0.39 is 97.5 Å². The third-order valence-electron chi connectivity index (χ3n) is 15.9. The van der Waals surface area contributed by atoms with Gasteiger partial charge in [-0.1, -0.05) is 278 Å². The van der Waals surface area contributed by atoms with Gasteiger partial charge in [0.25, 0.3) is 0 Å². The van der Waals surface area contributed by atoms with Gasteiger partial charge in [0.1, 0.15) is 19.3 Å². The maximum Gasteiger partial charge on any atom is 0.472 e. The largest absolute Gasteiger partial charge is 0.472 e. The molecule has 0 saturated heterocycles. The molecule has 5 atom stereocenters. The van der Waals surface area contributed by atoms with Crippen molar-refractivity contribution in [2.24, 2.45) is 0 Å². The fourth-order valence-corrected chi connectivity index (χ4v) is 11.7. The summed E-state index contributed by atoms with van der Waals surface area (Å²) in [6.45, 7) is 4.49. The summed E-state index contributed by atoms with van der Waals surface area (Å²) in [6.07, 6.45) is 79.0. The minimum Gasteiger partial charge on any atom is -0.462 e. The Bertz CT molecular complexity index is 2370. The summed E-state index contributed by atoms with van der Waals surface area (Å²) >= 11 is 0. The number of rotatable bonds is 72. The van der Waals surface area contributed by atoms with E-state index in [0.29, 0.717) is 25.7 Å². The van der Waals surface area contributed by atoms with Crippen molar-refractivity contribution >= 4 is 39.5 Å². The molecule has 0 aromatic carbocycles. The molecule has 0 aliphatic carbocycles. The molecule has 3 N–H and O–H groups in total. The molecule has 0 aliphatic heterocycles. The highest BCUT2D eigenvalue weighted by Crippen LogP contribution is 2.45. The van der Waals surface area contributed by atoms with Gasteiger partial charge in [0, 0.05) is 25.7 Å². The number of carbonyl (C=O) groups excluding carboxylic acids is 4. The fourth-order valence-electron chi connectivity index (χ4n) is 10.1. The summed E-state index contributed by atoms with van der Waals surface area (Å²) in [5.74, 6) is -2.22.